The fourth-order valence-corrected chi connectivity index (χ4v) is 5.34. The van der Waals surface area contributed by atoms with Crippen LogP contribution in [0.25, 0.3) is 33.5 Å². The second-order valence-corrected chi connectivity index (χ2v) is 9.95. The van der Waals surface area contributed by atoms with Gasteiger partial charge in [-0.15, -0.1) is 0 Å². The number of aryl methyl sites for hydroxylation is 1. The molecule has 1 aliphatic carbocycles. The lowest BCUT2D eigenvalue weighted by molar-refractivity contribution is 0.0732. The van der Waals surface area contributed by atoms with Gasteiger partial charge in [-0.05, 0) is 61.9 Å². The number of hydrogen-bond acceptors (Lipinski definition) is 4. The number of hydrogen-bond donors (Lipinski definition) is 1. The van der Waals surface area contributed by atoms with Crippen LogP contribution in [0.2, 0.25) is 5.15 Å². The van der Waals surface area contributed by atoms with Crippen LogP contribution in [0.15, 0.2) is 30.5 Å². The molecule has 6 rings (SSSR count). The van der Waals surface area contributed by atoms with Crippen LogP contribution in [0.3, 0.4) is 0 Å². The van der Waals surface area contributed by atoms with Crippen molar-refractivity contribution in [3.8, 4) is 11.5 Å². The number of fused-ring (bicyclic) bond motifs is 3. The molecule has 8 heteroatoms. The van der Waals surface area contributed by atoms with Crippen LogP contribution in [0, 0.1) is 5.92 Å². The standard InChI is InChI=1S/C25H27ClN6O/c1-14(27)12-31-8-6-16-9-20-19(11-18(16)25(31)33)29-24(30(20)2)21-10-17-5-7-28-23(26)22(17)32(21)13-15-3-4-15/h5,7,9-11,14-15H,3-4,6,8,12-13,27H2,1-2H3. The molecule has 1 unspecified atom stereocenters. The summed E-state index contributed by atoms with van der Waals surface area (Å²) in [4.78, 5) is 24.3. The van der Waals surface area contributed by atoms with Gasteiger partial charge in [-0.3, -0.25) is 4.79 Å². The van der Waals surface area contributed by atoms with Gasteiger partial charge in [-0.25, -0.2) is 9.97 Å². The van der Waals surface area contributed by atoms with Crippen molar-refractivity contribution in [2.24, 2.45) is 18.7 Å². The molecule has 33 heavy (non-hydrogen) atoms. The lowest BCUT2D eigenvalue weighted by atomic mass is 9.97. The molecular weight excluding hydrogens is 436 g/mol. The van der Waals surface area contributed by atoms with E-state index in [4.69, 9.17) is 22.3 Å². The third-order valence-electron chi connectivity index (χ3n) is 6.91. The molecule has 2 N–H and O–H groups in total. The number of amides is 1. The van der Waals surface area contributed by atoms with E-state index in [0.29, 0.717) is 24.2 Å². The van der Waals surface area contributed by atoms with Gasteiger partial charge < -0.3 is 19.8 Å². The van der Waals surface area contributed by atoms with Crippen molar-refractivity contribution in [3.05, 3.63) is 46.7 Å². The van der Waals surface area contributed by atoms with Crippen molar-refractivity contribution in [2.45, 2.75) is 38.8 Å². The highest BCUT2D eigenvalue weighted by atomic mass is 35.5. The molecule has 3 aromatic heterocycles. The van der Waals surface area contributed by atoms with Crippen LogP contribution in [-0.4, -0.2) is 49.0 Å². The average Bonchev–Trinajstić information content (AvgIpc) is 3.44. The maximum Gasteiger partial charge on any atom is 0.254 e. The van der Waals surface area contributed by atoms with Crippen LogP contribution in [-0.2, 0) is 20.0 Å². The summed E-state index contributed by atoms with van der Waals surface area (Å²) < 4.78 is 4.41. The lowest BCUT2D eigenvalue weighted by Gasteiger charge is -2.29. The largest absolute Gasteiger partial charge is 0.337 e. The zero-order valence-electron chi connectivity index (χ0n) is 18.9. The maximum atomic E-state index is 13.1. The number of nitrogens with two attached hydrogens (primary N) is 1. The molecule has 170 valence electrons. The molecule has 0 saturated heterocycles. The molecule has 1 saturated carbocycles. The van der Waals surface area contributed by atoms with E-state index in [9.17, 15) is 4.79 Å². The molecule has 7 nitrogen and oxygen atoms in total. The summed E-state index contributed by atoms with van der Waals surface area (Å²) in [6.07, 6.45) is 5.06. The summed E-state index contributed by atoms with van der Waals surface area (Å²) in [6.45, 7) is 4.11. The van der Waals surface area contributed by atoms with Gasteiger partial charge in [0.1, 0.15) is 0 Å². The Morgan fingerprint density at radius 3 is 2.85 bits per heavy atom. The molecule has 0 radical (unpaired) electrons. The molecule has 1 atom stereocenters. The molecular formula is C25H27ClN6O. The van der Waals surface area contributed by atoms with Crippen LogP contribution >= 0.6 is 11.6 Å². The number of benzene rings is 1. The maximum absolute atomic E-state index is 13.1. The monoisotopic (exact) mass is 462 g/mol. The minimum Gasteiger partial charge on any atom is -0.337 e. The zero-order chi connectivity index (χ0) is 22.9. The van der Waals surface area contributed by atoms with E-state index >= 15 is 0 Å². The van der Waals surface area contributed by atoms with E-state index in [1.807, 2.05) is 31.0 Å². The molecule has 0 spiro atoms. The van der Waals surface area contributed by atoms with Crippen LogP contribution < -0.4 is 5.73 Å². The highest BCUT2D eigenvalue weighted by Crippen LogP contribution is 2.38. The van der Waals surface area contributed by atoms with E-state index in [-0.39, 0.29) is 11.9 Å². The SMILES string of the molecule is CC(N)CN1CCc2cc3c(cc2C1=O)nc(-c1cc2ccnc(Cl)c2n1CC1CC1)n3C. The number of rotatable bonds is 5. The predicted octanol–water partition coefficient (Wildman–Crippen LogP) is 4.00. The van der Waals surface area contributed by atoms with E-state index in [2.05, 4.69) is 26.3 Å². The van der Waals surface area contributed by atoms with Crippen molar-refractivity contribution < 1.29 is 4.79 Å². The van der Waals surface area contributed by atoms with Crippen molar-refractivity contribution in [3.63, 3.8) is 0 Å². The lowest BCUT2D eigenvalue weighted by Crippen LogP contribution is -2.43. The molecule has 2 aliphatic rings. The molecule has 1 aliphatic heterocycles. The summed E-state index contributed by atoms with van der Waals surface area (Å²) in [7, 11) is 2.04. The highest BCUT2D eigenvalue weighted by Gasteiger charge is 2.28. The summed E-state index contributed by atoms with van der Waals surface area (Å²) in [5.74, 6) is 1.59. The Kier molecular flexibility index (Phi) is 4.74. The first kappa shape index (κ1) is 20.7. The first-order chi connectivity index (χ1) is 15.9. The Balaban J connectivity index is 1.50. The fraction of sp³-hybridized carbons (Fsp3) is 0.400. The third-order valence-corrected chi connectivity index (χ3v) is 7.19. The molecule has 1 aromatic carbocycles. The minimum atomic E-state index is -0.0459. The van der Waals surface area contributed by atoms with E-state index in [1.165, 1.54) is 12.8 Å². The normalized spacial score (nSPS) is 17.2. The second-order valence-electron chi connectivity index (χ2n) is 9.59. The number of carbonyl (C=O) groups excluding carboxylic acids is 1. The van der Waals surface area contributed by atoms with E-state index in [1.54, 1.807) is 6.20 Å². The molecule has 4 aromatic rings. The highest BCUT2D eigenvalue weighted by molar-refractivity contribution is 6.34. The second kappa shape index (κ2) is 7.57. The number of nitrogens with zero attached hydrogens (tertiary/aromatic N) is 5. The number of aromatic nitrogens is 4. The zero-order valence-corrected chi connectivity index (χ0v) is 19.6. The summed E-state index contributed by atoms with van der Waals surface area (Å²) in [6, 6.07) is 8.19. The summed E-state index contributed by atoms with van der Waals surface area (Å²) >= 11 is 6.53. The third kappa shape index (κ3) is 3.42. The Morgan fingerprint density at radius 2 is 2.09 bits per heavy atom. The molecule has 1 amide bonds. The van der Waals surface area contributed by atoms with Crippen LogP contribution in [0.1, 0.15) is 35.7 Å². The van der Waals surface area contributed by atoms with Crippen molar-refractivity contribution >= 4 is 39.4 Å². The molecule has 0 bridgehead atoms. The molecule has 4 heterocycles. The van der Waals surface area contributed by atoms with Gasteiger partial charge in [0.2, 0.25) is 0 Å². The van der Waals surface area contributed by atoms with Crippen molar-refractivity contribution in [1.29, 1.82) is 0 Å². The van der Waals surface area contributed by atoms with Gasteiger partial charge in [0.25, 0.3) is 5.91 Å². The van der Waals surface area contributed by atoms with Crippen molar-refractivity contribution in [2.75, 3.05) is 13.1 Å². The Morgan fingerprint density at radius 1 is 1.27 bits per heavy atom. The first-order valence-corrected chi connectivity index (χ1v) is 12.0. The van der Waals surface area contributed by atoms with Gasteiger partial charge in [0.05, 0.1) is 22.2 Å². The topological polar surface area (TPSA) is 82.0 Å². The smallest absolute Gasteiger partial charge is 0.254 e. The Bertz CT molecular complexity index is 1410. The average molecular weight is 463 g/mol. The van der Waals surface area contributed by atoms with E-state index in [0.717, 1.165) is 57.5 Å². The van der Waals surface area contributed by atoms with Crippen LogP contribution in [0.4, 0.5) is 0 Å². The fourth-order valence-electron chi connectivity index (χ4n) is 5.07. The summed E-state index contributed by atoms with van der Waals surface area (Å²) in [5.41, 5.74) is 11.6. The van der Waals surface area contributed by atoms with Crippen molar-refractivity contribution in [1.82, 2.24) is 24.0 Å². The first-order valence-electron chi connectivity index (χ1n) is 11.6. The van der Waals surface area contributed by atoms with E-state index < -0.39 is 0 Å². The summed E-state index contributed by atoms with van der Waals surface area (Å²) in [5, 5.41) is 1.59. The number of halogens is 1. The van der Waals surface area contributed by atoms with Gasteiger partial charge in [0, 0.05) is 49.9 Å². The number of imidazole rings is 1. The predicted molar refractivity (Wildman–Crippen MR) is 130 cm³/mol. The Labute approximate surface area is 197 Å². The van der Waals surface area contributed by atoms with Gasteiger partial charge in [-0.2, -0.15) is 0 Å². The van der Waals surface area contributed by atoms with Crippen LogP contribution in [0.5, 0.6) is 0 Å². The van der Waals surface area contributed by atoms with Gasteiger partial charge in [-0.1, -0.05) is 11.6 Å². The minimum absolute atomic E-state index is 0.0448. The van der Waals surface area contributed by atoms with Gasteiger partial charge >= 0.3 is 0 Å². The quantitative estimate of drug-likeness (QED) is 0.454. The van der Waals surface area contributed by atoms with Gasteiger partial charge in [0.15, 0.2) is 11.0 Å². The number of pyridine rings is 1. The number of carbonyl (C=O) groups is 1. The molecule has 1 fully saturated rings. The Hall–Kier alpha value is -2.90.